The molecule has 7 heteroatoms. The maximum Gasteiger partial charge on any atom is 0.231 e. The molecule has 28 heavy (non-hydrogen) atoms. The molecular weight excluding hydrogens is 356 g/mol. The summed E-state index contributed by atoms with van der Waals surface area (Å²) in [6.45, 7) is 4.93. The van der Waals surface area contributed by atoms with E-state index in [0.717, 1.165) is 81.4 Å². The number of rotatable bonds is 4. The predicted octanol–water partition coefficient (Wildman–Crippen LogP) is 2.29. The molecule has 1 aromatic carbocycles. The molecule has 1 aliphatic carbocycles. The van der Waals surface area contributed by atoms with Gasteiger partial charge in [-0.1, -0.05) is 18.9 Å². The number of aliphatic hydroxyl groups is 1. The Bertz CT molecular complexity index is 828. The van der Waals surface area contributed by atoms with Gasteiger partial charge in [-0.15, -0.1) is 0 Å². The summed E-state index contributed by atoms with van der Waals surface area (Å²) in [5.74, 6) is 2.43. The number of anilines is 1. The van der Waals surface area contributed by atoms with Gasteiger partial charge in [0.25, 0.3) is 0 Å². The minimum Gasteiger partial charge on any atom is -0.454 e. The number of piperazine rings is 1. The van der Waals surface area contributed by atoms with Gasteiger partial charge in [0.05, 0.1) is 5.60 Å². The van der Waals surface area contributed by atoms with Crippen LogP contribution in [-0.4, -0.2) is 52.9 Å². The van der Waals surface area contributed by atoms with Crippen molar-refractivity contribution in [3.05, 3.63) is 41.7 Å². The lowest BCUT2D eigenvalue weighted by molar-refractivity contribution is 0.0437. The van der Waals surface area contributed by atoms with E-state index < -0.39 is 5.60 Å². The number of nitrogens with zero attached hydrogens (tertiary/aromatic N) is 4. The molecule has 0 bridgehead atoms. The van der Waals surface area contributed by atoms with Crippen LogP contribution < -0.4 is 14.4 Å². The fourth-order valence-corrected chi connectivity index (χ4v) is 4.38. The highest BCUT2D eigenvalue weighted by molar-refractivity contribution is 5.44. The van der Waals surface area contributed by atoms with Crippen LogP contribution in [0.3, 0.4) is 0 Å². The van der Waals surface area contributed by atoms with Crippen molar-refractivity contribution in [2.45, 2.75) is 37.8 Å². The zero-order valence-electron chi connectivity index (χ0n) is 16.0. The number of benzene rings is 1. The Morgan fingerprint density at radius 3 is 2.43 bits per heavy atom. The van der Waals surface area contributed by atoms with Crippen LogP contribution in [0, 0.1) is 0 Å². The van der Waals surface area contributed by atoms with Crippen molar-refractivity contribution < 1.29 is 14.6 Å². The van der Waals surface area contributed by atoms with E-state index in [1.807, 2.05) is 18.5 Å². The molecule has 1 saturated heterocycles. The molecule has 3 heterocycles. The minimum atomic E-state index is -0.720. The second-order valence-electron chi connectivity index (χ2n) is 7.96. The first-order valence-corrected chi connectivity index (χ1v) is 10.1. The Morgan fingerprint density at radius 1 is 0.964 bits per heavy atom. The quantitative estimate of drug-likeness (QED) is 0.870. The molecule has 0 spiro atoms. The zero-order chi connectivity index (χ0) is 19.0. The summed E-state index contributed by atoms with van der Waals surface area (Å²) in [7, 11) is 0. The van der Waals surface area contributed by atoms with Gasteiger partial charge >= 0.3 is 0 Å². The molecule has 5 rings (SSSR count). The Hall–Kier alpha value is -2.38. The molecule has 1 saturated carbocycles. The van der Waals surface area contributed by atoms with Gasteiger partial charge < -0.3 is 19.5 Å². The fourth-order valence-electron chi connectivity index (χ4n) is 4.38. The van der Waals surface area contributed by atoms with Crippen LogP contribution in [0.4, 0.5) is 5.95 Å². The molecule has 2 aromatic rings. The van der Waals surface area contributed by atoms with Gasteiger partial charge in [0.15, 0.2) is 11.5 Å². The summed E-state index contributed by atoms with van der Waals surface area (Å²) in [6, 6.07) is 6.17. The molecule has 0 amide bonds. The van der Waals surface area contributed by atoms with Crippen molar-refractivity contribution in [3.8, 4) is 11.5 Å². The largest absolute Gasteiger partial charge is 0.454 e. The molecular formula is C21H26N4O3. The van der Waals surface area contributed by atoms with Crippen molar-refractivity contribution in [2.24, 2.45) is 0 Å². The highest BCUT2D eigenvalue weighted by Crippen LogP contribution is 2.38. The first-order valence-electron chi connectivity index (χ1n) is 10.1. The van der Waals surface area contributed by atoms with Crippen LogP contribution in [0.2, 0.25) is 0 Å². The van der Waals surface area contributed by atoms with E-state index in [4.69, 9.17) is 9.47 Å². The Morgan fingerprint density at radius 2 is 1.68 bits per heavy atom. The van der Waals surface area contributed by atoms with Crippen molar-refractivity contribution in [1.29, 1.82) is 0 Å². The number of aromatic nitrogens is 2. The predicted molar refractivity (Wildman–Crippen MR) is 104 cm³/mol. The van der Waals surface area contributed by atoms with Crippen LogP contribution in [0.1, 0.15) is 36.8 Å². The second kappa shape index (κ2) is 7.22. The number of ether oxygens (including phenoxy) is 2. The average molecular weight is 382 g/mol. The van der Waals surface area contributed by atoms with E-state index in [1.165, 1.54) is 5.56 Å². The van der Waals surface area contributed by atoms with E-state index in [0.29, 0.717) is 6.79 Å². The third-order valence-corrected chi connectivity index (χ3v) is 6.10. The summed E-state index contributed by atoms with van der Waals surface area (Å²) in [6.07, 6.45) is 7.40. The molecule has 148 valence electrons. The van der Waals surface area contributed by atoms with Crippen molar-refractivity contribution in [2.75, 3.05) is 37.9 Å². The molecule has 0 radical (unpaired) electrons. The van der Waals surface area contributed by atoms with Crippen LogP contribution in [0.25, 0.3) is 0 Å². The fraction of sp³-hybridized carbons (Fsp3) is 0.524. The standard InChI is InChI=1S/C21H26N4O3/c26-21(5-1-2-6-21)17-12-22-20(23-13-17)25-9-7-24(8-10-25)14-16-3-4-18-19(11-16)28-15-27-18/h3-4,11-13,26H,1-2,5-10,14-15H2. The van der Waals surface area contributed by atoms with Crippen LogP contribution in [0.5, 0.6) is 11.5 Å². The lowest BCUT2D eigenvalue weighted by Crippen LogP contribution is -2.46. The lowest BCUT2D eigenvalue weighted by atomic mass is 9.95. The molecule has 1 aromatic heterocycles. The Balaban J connectivity index is 1.18. The van der Waals surface area contributed by atoms with Gasteiger partial charge in [-0.25, -0.2) is 9.97 Å². The van der Waals surface area contributed by atoms with Gasteiger partial charge in [-0.2, -0.15) is 0 Å². The van der Waals surface area contributed by atoms with Crippen LogP contribution >= 0.6 is 0 Å². The van der Waals surface area contributed by atoms with Gasteiger partial charge in [-0.05, 0) is 30.5 Å². The third kappa shape index (κ3) is 3.40. The first-order chi connectivity index (χ1) is 13.7. The molecule has 0 unspecified atom stereocenters. The summed E-state index contributed by atoms with van der Waals surface area (Å²) in [5.41, 5.74) is 1.38. The normalized spacial score (nSPS) is 21.2. The molecule has 2 aliphatic heterocycles. The SMILES string of the molecule is OC1(c2cnc(N3CCN(Cc4ccc5c(c4)OCO5)CC3)nc2)CCCC1. The lowest BCUT2D eigenvalue weighted by Gasteiger charge is -2.35. The average Bonchev–Trinajstić information content (AvgIpc) is 3.38. The highest BCUT2D eigenvalue weighted by Gasteiger charge is 2.33. The number of fused-ring (bicyclic) bond motifs is 1. The van der Waals surface area contributed by atoms with Gasteiger partial charge in [0.2, 0.25) is 12.7 Å². The van der Waals surface area contributed by atoms with Crippen molar-refractivity contribution >= 4 is 5.95 Å². The molecule has 2 fully saturated rings. The van der Waals surface area contributed by atoms with Crippen LogP contribution in [0.15, 0.2) is 30.6 Å². The van der Waals surface area contributed by atoms with Crippen LogP contribution in [-0.2, 0) is 12.1 Å². The Kier molecular flexibility index (Phi) is 4.56. The maximum absolute atomic E-state index is 10.7. The molecule has 1 N–H and O–H groups in total. The topological polar surface area (TPSA) is 71.0 Å². The van der Waals surface area contributed by atoms with Gasteiger partial charge in [-0.3, -0.25) is 4.90 Å². The second-order valence-corrected chi connectivity index (χ2v) is 7.96. The zero-order valence-corrected chi connectivity index (χ0v) is 16.0. The number of hydrogen-bond acceptors (Lipinski definition) is 7. The van der Waals surface area contributed by atoms with E-state index in [2.05, 4.69) is 31.9 Å². The summed E-state index contributed by atoms with van der Waals surface area (Å²) in [4.78, 5) is 13.7. The smallest absolute Gasteiger partial charge is 0.231 e. The minimum absolute atomic E-state index is 0.313. The van der Waals surface area contributed by atoms with E-state index in [1.54, 1.807) is 0 Å². The van der Waals surface area contributed by atoms with Crippen molar-refractivity contribution in [3.63, 3.8) is 0 Å². The summed E-state index contributed by atoms with van der Waals surface area (Å²) in [5, 5.41) is 10.7. The van der Waals surface area contributed by atoms with Crippen molar-refractivity contribution in [1.82, 2.24) is 14.9 Å². The Labute approximate surface area is 164 Å². The third-order valence-electron chi connectivity index (χ3n) is 6.10. The maximum atomic E-state index is 10.7. The number of hydrogen-bond donors (Lipinski definition) is 1. The molecule has 7 nitrogen and oxygen atoms in total. The summed E-state index contributed by atoms with van der Waals surface area (Å²) >= 11 is 0. The molecule has 0 atom stereocenters. The molecule has 3 aliphatic rings. The monoisotopic (exact) mass is 382 g/mol. The van der Waals surface area contributed by atoms with Gasteiger partial charge in [0.1, 0.15) is 0 Å². The van der Waals surface area contributed by atoms with E-state index in [9.17, 15) is 5.11 Å². The highest BCUT2D eigenvalue weighted by atomic mass is 16.7. The van der Waals surface area contributed by atoms with E-state index in [-0.39, 0.29) is 0 Å². The summed E-state index contributed by atoms with van der Waals surface area (Å²) < 4.78 is 10.9. The first kappa shape index (κ1) is 17.7. The van der Waals surface area contributed by atoms with E-state index >= 15 is 0 Å². The van der Waals surface area contributed by atoms with Gasteiger partial charge in [0, 0.05) is 50.7 Å².